The van der Waals surface area contributed by atoms with E-state index in [4.69, 9.17) is 9.72 Å². The first-order valence-electron chi connectivity index (χ1n) is 9.54. The van der Waals surface area contributed by atoms with Crippen molar-refractivity contribution in [1.82, 2.24) is 19.7 Å². The van der Waals surface area contributed by atoms with Crippen LogP contribution in [0, 0.1) is 13.8 Å². The Balaban J connectivity index is 1.72. The summed E-state index contributed by atoms with van der Waals surface area (Å²) in [5.41, 5.74) is 4.14. The van der Waals surface area contributed by atoms with Gasteiger partial charge >= 0.3 is 6.18 Å². The summed E-state index contributed by atoms with van der Waals surface area (Å²) in [5, 5.41) is 3.75. The molecule has 4 rings (SSSR count). The van der Waals surface area contributed by atoms with Gasteiger partial charge in [0, 0.05) is 18.0 Å². The minimum absolute atomic E-state index is 0.291. The number of hydrogen-bond acceptors (Lipinski definition) is 5. The van der Waals surface area contributed by atoms with E-state index in [0.717, 1.165) is 21.5 Å². The number of pyridine rings is 2. The minimum atomic E-state index is -4.40. The Bertz CT molecular complexity index is 1170. The summed E-state index contributed by atoms with van der Waals surface area (Å²) in [6.07, 6.45) is -0.231. The van der Waals surface area contributed by atoms with E-state index in [0.29, 0.717) is 28.4 Å². The third-order valence-corrected chi connectivity index (χ3v) is 5.26. The summed E-state index contributed by atoms with van der Waals surface area (Å²) < 4.78 is 44.1. The number of rotatable bonds is 4. The number of methoxy groups -OCH3 is 1. The van der Waals surface area contributed by atoms with E-state index in [1.54, 1.807) is 26.3 Å². The van der Waals surface area contributed by atoms with Crippen LogP contribution in [0.1, 0.15) is 40.3 Å². The second kappa shape index (κ2) is 7.36. The molecule has 1 amide bonds. The first kappa shape index (κ1) is 20.8. The zero-order chi connectivity index (χ0) is 22.5. The molecular weight excluding hydrogens is 411 g/mol. The Labute approximate surface area is 176 Å². The maximum atomic E-state index is 13.1. The number of fused-ring (bicyclic) bond motifs is 1. The molecule has 1 aliphatic heterocycles. The number of anilines is 1. The second-order valence-corrected chi connectivity index (χ2v) is 7.46. The topological polar surface area (TPSA) is 73.1 Å². The number of aryl methyl sites for hydroxylation is 2. The van der Waals surface area contributed by atoms with E-state index in [1.165, 1.54) is 17.3 Å². The van der Waals surface area contributed by atoms with Crippen LogP contribution in [0.2, 0.25) is 0 Å². The number of ether oxygens (including phenoxy) is 1. The molecule has 4 heterocycles. The van der Waals surface area contributed by atoms with Crippen LogP contribution >= 0.6 is 0 Å². The summed E-state index contributed by atoms with van der Waals surface area (Å²) in [4.78, 5) is 23.6. The maximum absolute atomic E-state index is 13.1. The van der Waals surface area contributed by atoms with Crippen molar-refractivity contribution in [2.75, 3.05) is 12.0 Å². The van der Waals surface area contributed by atoms with Crippen LogP contribution in [0.5, 0.6) is 5.75 Å². The molecule has 0 aromatic carbocycles. The van der Waals surface area contributed by atoms with Crippen LogP contribution in [0.4, 0.5) is 18.9 Å². The zero-order valence-corrected chi connectivity index (χ0v) is 17.4. The van der Waals surface area contributed by atoms with E-state index < -0.39 is 18.8 Å². The first-order valence-corrected chi connectivity index (χ1v) is 9.54. The number of carbonyl (C=O) groups is 1. The van der Waals surface area contributed by atoms with Crippen molar-refractivity contribution < 1.29 is 22.7 Å². The molecule has 3 aromatic rings. The molecule has 3 aromatic heterocycles. The van der Waals surface area contributed by atoms with Crippen LogP contribution in [0.25, 0.3) is 11.3 Å². The van der Waals surface area contributed by atoms with Gasteiger partial charge in [0.2, 0.25) is 0 Å². The third-order valence-electron chi connectivity index (χ3n) is 5.26. The van der Waals surface area contributed by atoms with Crippen molar-refractivity contribution in [3.63, 3.8) is 0 Å². The molecule has 0 radical (unpaired) electrons. The van der Waals surface area contributed by atoms with Crippen LogP contribution in [0.3, 0.4) is 0 Å². The zero-order valence-electron chi connectivity index (χ0n) is 17.4. The van der Waals surface area contributed by atoms with Gasteiger partial charge in [-0.05, 0) is 38.5 Å². The molecule has 0 spiro atoms. The third kappa shape index (κ3) is 3.73. The monoisotopic (exact) mass is 431 g/mol. The van der Waals surface area contributed by atoms with Crippen molar-refractivity contribution in [1.29, 1.82) is 0 Å². The molecule has 1 aliphatic rings. The Hall–Kier alpha value is -3.43. The van der Waals surface area contributed by atoms with Gasteiger partial charge in [-0.25, -0.2) is 4.98 Å². The number of carbonyl (C=O) groups excluding carboxylic acids is 1. The SMILES string of the molecule is COc1cc(-c2cc(C)c3c(n2)C(C)N(c2cnn(CC(F)(F)F)c2)C3=O)cnc1C. The lowest BCUT2D eigenvalue weighted by molar-refractivity contribution is -0.142. The fourth-order valence-electron chi connectivity index (χ4n) is 3.79. The van der Waals surface area contributed by atoms with Crippen LogP contribution in [-0.2, 0) is 6.54 Å². The number of alkyl halides is 3. The molecule has 7 nitrogen and oxygen atoms in total. The predicted molar refractivity (Wildman–Crippen MR) is 107 cm³/mol. The number of nitrogens with zero attached hydrogens (tertiary/aromatic N) is 5. The van der Waals surface area contributed by atoms with Crippen LogP contribution in [0.15, 0.2) is 30.7 Å². The van der Waals surface area contributed by atoms with E-state index in [2.05, 4.69) is 10.1 Å². The lowest BCUT2D eigenvalue weighted by Crippen LogP contribution is -2.26. The van der Waals surface area contributed by atoms with Crippen molar-refractivity contribution in [3.05, 3.63) is 53.2 Å². The smallest absolute Gasteiger partial charge is 0.408 e. The molecule has 162 valence electrons. The quantitative estimate of drug-likeness (QED) is 0.618. The number of amides is 1. The fraction of sp³-hybridized carbons (Fsp3) is 0.333. The average Bonchev–Trinajstić information content (AvgIpc) is 3.23. The molecule has 1 atom stereocenters. The Morgan fingerprint density at radius 3 is 2.61 bits per heavy atom. The van der Waals surface area contributed by atoms with Gasteiger partial charge in [0.05, 0.1) is 47.7 Å². The first-order chi connectivity index (χ1) is 14.6. The molecule has 0 bridgehead atoms. The summed E-state index contributed by atoms with van der Waals surface area (Å²) >= 11 is 0. The Morgan fingerprint density at radius 2 is 1.94 bits per heavy atom. The molecule has 10 heteroatoms. The van der Waals surface area contributed by atoms with E-state index in [-0.39, 0.29) is 5.91 Å². The number of aromatic nitrogens is 4. The standard InChI is InChI=1S/C21H20F3N5O2/c1-11-5-16(14-6-17(31-4)12(2)25-7-14)27-19-13(3)29(20(30)18(11)19)15-8-26-28(9-15)10-21(22,23)24/h5-9,13H,10H2,1-4H3. The molecule has 0 N–H and O–H groups in total. The van der Waals surface area contributed by atoms with Gasteiger partial charge in [0.25, 0.3) is 5.91 Å². The van der Waals surface area contributed by atoms with Gasteiger partial charge in [0.1, 0.15) is 12.3 Å². The van der Waals surface area contributed by atoms with Gasteiger partial charge in [0.15, 0.2) is 0 Å². The normalized spacial score (nSPS) is 16.0. The molecule has 0 fully saturated rings. The summed E-state index contributed by atoms with van der Waals surface area (Å²) in [6, 6.07) is 3.16. The van der Waals surface area contributed by atoms with Gasteiger partial charge in [-0.2, -0.15) is 18.3 Å². The maximum Gasteiger partial charge on any atom is 0.408 e. The highest BCUT2D eigenvalue weighted by atomic mass is 19.4. The number of halogens is 3. The summed E-state index contributed by atoms with van der Waals surface area (Å²) in [5.74, 6) is 0.311. The average molecular weight is 431 g/mol. The molecule has 1 unspecified atom stereocenters. The van der Waals surface area contributed by atoms with Crippen LogP contribution < -0.4 is 9.64 Å². The predicted octanol–water partition coefficient (Wildman–Crippen LogP) is 4.25. The van der Waals surface area contributed by atoms with Gasteiger partial charge in [-0.15, -0.1) is 0 Å². The minimum Gasteiger partial charge on any atom is -0.495 e. The summed E-state index contributed by atoms with van der Waals surface area (Å²) in [6.45, 7) is 4.21. The van der Waals surface area contributed by atoms with Gasteiger partial charge in [-0.3, -0.25) is 19.4 Å². The largest absolute Gasteiger partial charge is 0.495 e. The Kier molecular flexibility index (Phi) is 4.95. The van der Waals surface area contributed by atoms with Crippen molar-refractivity contribution >= 4 is 11.6 Å². The molecular formula is C21H20F3N5O2. The van der Waals surface area contributed by atoms with Gasteiger partial charge in [-0.1, -0.05) is 0 Å². The Morgan fingerprint density at radius 1 is 1.19 bits per heavy atom. The lowest BCUT2D eigenvalue weighted by Gasteiger charge is -2.19. The molecule has 0 aliphatic carbocycles. The summed E-state index contributed by atoms with van der Waals surface area (Å²) in [7, 11) is 1.56. The molecule has 0 saturated heterocycles. The highest BCUT2D eigenvalue weighted by Gasteiger charge is 2.39. The second-order valence-electron chi connectivity index (χ2n) is 7.46. The lowest BCUT2D eigenvalue weighted by atomic mass is 10.0. The van der Waals surface area contributed by atoms with Crippen molar-refractivity contribution in [2.45, 2.75) is 39.5 Å². The number of hydrogen-bond donors (Lipinski definition) is 0. The molecule has 31 heavy (non-hydrogen) atoms. The fourth-order valence-corrected chi connectivity index (χ4v) is 3.79. The molecule has 0 saturated carbocycles. The van der Waals surface area contributed by atoms with Crippen molar-refractivity contribution in [2.24, 2.45) is 0 Å². The van der Waals surface area contributed by atoms with E-state index in [9.17, 15) is 18.0 Å². The van der Waals surface area contributed by atoms with Crippen LogP contribution in [-0.4, -0.2) is 38.9 Å². The highest BCUT2D eigenvalue weighted by Crippen LogP contribution is 2.39. The highest BCUT2D eigenvalue weighted by molar-refractivity contribution is 6.11. The van der Waals surface area contributed by atoms with Crippen molar-refractivity contribution in [3.8, 4) is 17.0 Å². The van der Waals surface area contributed by atoms with E-state index >= 15 is 0 Å². The van der Waals surface area contributed by atoms with E-state index in [1.807, 2.05) is 19.9 Å². The van der Waals surface area contributed by atoms with Gasteiger partial charge < -0.3 is 4.74 Å².